The average Bonchev–Trinajstić information content (AvgIpc) is 3.90. The summed E-state index contributed by atoms with van der Waals surface area (Å²) in [4.78, 5) is 0. The van der Waals surface area contributed by atoms with E-state index >= 15 is 0 Å². The van der Waals surface area contributed by atoms with Crippen molar-refractivity contribution in [3.63, 3.8) is 0 Å². The van der Waals surface area contributed by atoms with Crippen LogP contribution in [-0.2, 0) is 18.3 Å². The summed E-state index contributed by atoms with van der Waals surface area (Å²) >= 11 is -2.27. The van der Waals surface area contributed by atoms with E-state index in [1.165, 1.54) is 110 Å². The van der Waals surface area contributed by atoms with Crippen LogP contribution in [-0.4, -0.2) is 4.57 Å². The minimum absolute atomic E-state index is 0.184. The van der Waals surface area contributed by atoms with Crippen molar-refractivity contribution in [2.45, 2.75) is 32.1 Å². The molecule has 1 unspecified atom stereocenters. The van der Waals surface area contributed by atoms with Crippen molar-refractivity contribution < 1.29 is 4.74 Å². The molecule has 0 saturated heterocycles. The van der Waals surface area contributed by atoms with Crippen molar-refractivity contribution in [2.75, 3.05) is 0 Å². The number of halogens is 1. The van der Waals surface area contributed by atoms with E-state index in [4.69, 9.17) is 4.74 Å². The third kappa shape index (κ3) is 4.67. The van der Waals surface area contributed by atoms with Crippen LogP contribution in [0.25, 0.3) is 71.7 Å². The summed E-state index contributed by atoms with van der Waals surface area (Å²) in [5.41, 5.74) is 15.0. The second-order valence-corrected chi connectivity index (χ2v) is 23.0. The van der Waals surface area contributed by atoms with E-state index in [-0.39, 0.29) is 5.41 Å². The summed E-state index contributed by atoms with van der Waals surface area (Å²) in [6, 6.07) is 64.3. The number of hydrogen-bond acceptors (Lipinski definition) is 1. The second-order valence-electron chi connectivity index (χ2n) is 17.9. The number of fused-ring (bicyclic) bond motifs is 17. The van der Waals surface area contributed by atoms with Crippen LogP contribution in [0.2, 0.25) is 0 Å². The molecule has 0 amide bonds. The molecule has 3 aliphatic carbocycles. The molecule has 0 spiro atoms. The summed E-state index contributed by atoms with van der Waals surface area (Å²) in [6.07, 6.45) is 4.67. The zero-order valence-electron chi connectivity index (χ0n) is 34.0. The standard InChI is InChI=1S/C58H40INO/c1-58(2)50-31-46-42-21-8-6-19-40(42)39-18-5-7-20-41(39)45(46)30-47(50)48-32-57-53(33-51(48)58)59(52-23-10-12-25-56(52)61-57)36-15-13-16-37(28-36)60-54-24-11-9-22-43(54)49-29-44-35(27-55(49)60)26-34-14-3-4-17-38(34)44/h3-25,28-33,35H,26-27H2,1-2H3. The van der Waals surface area contributed by atoms with E-state index in [1.807, 2.05) is 0 Å². The van der Waals surface area contributed by atoms with Gasteiger partial charge in [0.2, 0.25) is 0 Å². The zero-order chi connectivity index (χ0) is 40.1. The van der Waals surface area contributed by atoms with Gasteiger partial charge in [0.05, 0.1) is 0 Å². The van der Waals surface area contributed by atoms with Gasteiger partial charge in [-0.3, -0.25) is 0 Å². The second kappa shape index (κ2) is 12.3. The van der Waals surface area contributed by atoms with Crippen molar-refractivity contribution in [1.29, 1.82) is 0 Å². The van der Waals surface area contributed by atoms with Crippen LogP contribution in [0.1, 0.15) is 47.4 Å². The summed E-state index contributed by atoms with van der Waals surface area (Å²) < 4.78 is 13.8. The number of allylic oxidation sites excluding steroid dienone is 1. The number of rotatable bonds is 2. The Balaban J connectivity index is 0.949. The number of benzene rings is 9. The van der Waals surface area contributed by atoms with E-state index < -0.39 is 19.8 Å². The molecule has 0 bridgehead atoms. The molecule has 1 atom stereocenters. The number of aromatic nitrogens is 1. The van der Waals surface area contributed by atoms with Crippen molar-refractivity contribution in [2.24, 2.45) is 5.92 Å². The van der Waals surface area contributed by atoms with Crippen LogP contribution in [0, 0.1) is 16.6 Å². The van der Waals surface area contributed by atoms with Gasteiger partial charge in [0.15, 0.2) is 0 Å². The molecule has 290 valence electrons. The van der Waals surface area contributed by atoms with Crippen molar-refractivity contribution in [1.82, 2.24) is 4.57 Å². The molecule has 10 aromatic rings. The topological polar surface area (TPSA) is 14.2 Å². The SMILES string of the molecule is CC1(C)c2cc3c(cc2-c2cc4c5ccccc5c5ccccc5c4cc21)Oc1ccccc1I3c1cccc(-n2c3c(c4ccccc42)C=C2c4ccccc4CC2C3)c1. The molecule has 61 heavy (non-hydrogen) atoms. The molecule has 14 rings (SSSR count). The van der Waals surface area contributed by atoms with E-state index in [0.717, 1.165) is 24.3 Å². The first-order chi connectivity index (χ1) is 30.0. The van der Waals surface area contributed by atoms with Crippen LogP contribution in [0.5, 0.6) is 11.5 Å². The van der Waals surface area contributed by atoms with Crippen molar-refractivity contribution in [3.8, 4) is 28.3 Å². The van der Waals surface area contributed by atoms with E-state index in [2.05, 4.69) is 194 Å². The first kappa shape index (κ1) is 34.3. The monoisotopic (exact) mass is 893 g/mol. The maximum absolute atomic E-state index is 6.98. The maximum atomic E-state index is 6.98. The predicted molar refractivity (Wildman–Crippen MR) is 262 cm³/mol. The Morgan fingerprint density at radius 1 is 0.525 bits per heavy atom. The Morgan fingerprint density at radius 3 is 2.00 bits per heavy atom. The molecule has 0 radical (unpaired) electrons. The Morgan fingerprint density at radius 2 is 1.18 bits per heavy atom. The Kier molecular flexibility index (Phi) is 6.93. The first-order valence-corrected chi connectivity index (χ1v) is 24.8. The van der Waals surface area contributed by atoms with Gasteiger partial charge in [-0.2, -0.15) is 0 Å². The summed E-state index contributed by atoms with van der Waals surface area (Å²) in [6.45, 7) is 4.86. The average molecular weight is 894 g/mol. The van der Waals surface area contributed by atoms with Crippen molar-refractivity contribution >= 4 is 74.7 Å². The number of nitrogens with zero attached hydrogens (tertiary/aromatic N) is 1. The van der Waals surface area contributed by atoms with Crippen LogP contribution in [0.15, 0.2) is 170 Å². The van der Waals surface area contributed by atoms with Gasteiger partial charge in [0, 0.05) is 0 Å². The van der Waals surface area contributed by atoms with Crippen LogP contribution < -0.4 is 4.74 Å². The number of hydrogen-bond donors (Lipinski definition) is 0. The Bertz CT molecular complexity index is 3620. The van der Waals surface area contributed by atoms with Crippen LogP contribution >= 0.6 is 19.8 Å². The first-order valence-electron chi connectivity index (χ1n) is 21.6. The normalized spacial score (nSPS) is 17.0. The molecule has 3 heteroatoms. The fraction of sp³-hybridized carbons (Fsp3) is 0.103. The van der Waals surface area contributed by atoms with Gasteiger partial charge in [-0.1, -0.05) is 0 Å². The quantitative estimate of drug-likeness (QED) is 0.125. The number of ether oxygens (including phenoxy) is 1. The Hall–Kier alpha value is -6.43. The van der Waals surface area contributed by atoms with E-state index in [0.29, 0.717) is 5.92 Å². The zero-order valence-corrected chi connectivity index (χ0v) is 36.1. The molecule has 9 aromatic carbocycles. The molecule has 1 aromatic heterocycles. The van der Waals surface area contributed by atoms with Gasteiger partial charge in [-0.25, -0.2) is 0 Å². The van der Waals surface area contributed by atoms with Crippen LogP contribution in [0.4, 0.5) is 0 Å². The molecule has 0 saturated carbocycles. The van der Waals surface area contributed by atoms with E-state index in [9.17, 15) is 0 Å². The molecule has 2 heterocycles. The summed E-state index contributed by atoms with van der Waals surface area (Å²) in [7, 11) is 0. The van der Waals surface area contributed by atoms with Gasteiger partial charge < -0.3 is 0 Å². The summed E-state index contributed by atoms with van der Waals surface area (Å²) in [5.74, 6) is 2.52. The van der Waals surface area contributed by atoms with Gasteiger partial charge in [0.1, 0.15) is 0 Å². The van der Waals surface area contributed by atoms with Crippen molar-refractivity contribution in [3.05, 3.63) is 214 Å². The van der Waals surface area contributed by atoms with E-state index in [1.54, 1.807) is 0 Å². The molecule has 0 fully saturated rings. The molecule has 2 nitrogen and oxygen atoms in total. The van der Waals surface area contributed by atoms with Gasteiger partial charge in [-0.05, 0) is 0 Å². The Labute approximate surface area is 362 Å². The third-order valence-corrected chi connectivity index (χ3v) is 20.3. The minimum atomic E-state index is -2.27. The molecular formula is C58H40INO. The molecular weight excluding hydrogens is 854 g/mol. The third-order valence-electron chi connectivity index (χ3n) is 14.3. The number of para-hydroxylation sites is 2. The van der Waals surface area contributed by atoms with Gasteiger partial charge >= 0.3 is 364 Å². The molecule has 4 aliphatic rings. The van der Waals surface area contributed by atoms with Gasteiger partial charge in [-0.15, -0.1) is 0 Å². The predicted octanol–water partition coefficient (Wildman–Crippen LogP) is 15.2. The van der Waals surface area contributed by atoms with Gasteiger partial charge in [0.25, 0.3) is 0 Å². The summed E-state index contributed by atoms with van der Waals surface area (Å²) in [5, 5.41) is 9.23. The fourth-order valence-electron chi connectivity index (χ4n) is 11.6. The van der Waals surface area contributed by atoms with Crippen LogP contribution in [0.3, 0.4) is 0 Å². The molecule has 1 aliphatic heterocycles. The fourth-order valence-corrected chi connectivity index (χ4v) is 17.5. The molecule has 0 N–H and O–H groups in total.